The number of halogens is 2. The maximum atomic E-state index is 14.2. The second kappa shape index (κ2) is 13.0. The van der Waals surface area contributed by atoms with E-state index in [0.29, 0.717) is 53.8 Å². The van der Waals surface area contributed by atoms with Crippen LogP contribution in [0.1, 0.15) is 105 Å². The van der Waals surface area contributed by atoms with Crippen LogP contribution < -0.4 is 0 Å². The van der Waals surface area contributed by atoms with Crippen molar-refractivity contribution in [3.63, 3.8) is 0 Å². The molecule has 236 valence electrons. The number of carbonyl (C=O) groups is 2. The van der Waals surface area contributed by atoms with Gasteiger partial charge in [0.05, 0.1) is 16.3 Å². The first kappa shape index (κ1) is 34.6. The van der Waals surface area contributed by atoms with Crippen LogP contribution in [-0.4, -0.2) is 51.8 Å². The van der Waals surface area contributed by atoms with E-state index in [0.717, 1.165) is 12.0 Å². The number of benzene rings is 1. The van der Waals surface area contributed by atoms with Crippen molar-refractivity contribution in [1.82, 2.24) is 14.8 Å². The molecule has 1 atom stereocenters. The lowest BCUT2D eigenvalue weighted by molar-refractivity contribution is -0.136. The molecule has 43 heavy (non-hydrogen) atoms. The van der Waals surface area contributed by atoms with Gasteiger partial charge in [0.15, 0.2) is 11.3 Å². The van der Waals surface area contributed by atoms with Crippen LogP contribution in [-0.2, 0) is 10.2 Å². The molecule has 1 saturated heterocycles. The van der Waals surface area contributed by atoms with E-state index < -0.39 is 11.4 Å². The van der Waals surface area contributed by atoms with Gasteiger partial charge in [-0.05, 0) is 55.7 Å². The Morgan fingerprint density at radius 3 is 2.26 bits per heavy atom. The van der Waals surface area contributed by atoms with Crippen molar-refractivity contribution in [3.8, 4) is 11.3 Å². The second-order valence-electron chi connectivity index (χ2n) is 15.0. The molecule has 1 aliphatic rings. The topological polar surface area (TPSA) is 66.7 Å². The third-order valence-electron chi connectivity index (χ3n) is 7.42. The van der Waals surface area contributed by atoms with E-state index >= 15 is 0 Å². The third-order valence-corrected chi connectivity index (χ3v) is 7.73. The van der Waals surface area contributed by atoms with E-state index in [1.807, 2.05) is 38.7 Å². The molecule has 6 nitrogen and oxygen atoms in total. The molecule has 0 N–H and O–H groups in total. The summed E-state index contributed by atoms with van der Waals surface area (Å²) in [4.78, 5) is 35.2. The van der Waals surface area contributed by atoms with Crippen LogP contribution in [0.4, 0.5) is 4.39 Å². The predicted octanol–water partition coefficient (Wildman–Crippen LogP) is 9.14. The molecule has 3 aromatic rings. The van der Waals surface area contributed by atoms with E-state index in [2.05, 4.69) is 48.5 Å². The summed E-state index contributed by atoms with van der Waals surface area (Å²) in [6.07, 6.45) is 1.47. The summed E-state index contributed by atoms with van der Waals surface area (Å²) in [5, 5.41) is 0.0477. The van der Waals surface area contributed by atoms with Gasteiger partial charge in [-0.2, -0.15) is 0 Å². The van der Waals surface area contributed by atoms with Crippen molar-refractivity contribution in [2.24, 2.45) is 11.3 Å². The first-order valence-electron chi connectivity index (χ1n) is 15.2. The van der Waals surface area contributed by atoms with Crippen molar-refractivity contribution in [2.75, 3.05) is 19.6 Å². The van der Waals surface area contributed by atoms with Crippen LogP contribution in [0.25, 0.3) is 22.4 Å². The Labute approximate surface area is 262 Å². The quantitative estimate of drug-likeness (QED) is 0.294. The zero-order valence-electron chi connectivity index (χ0n) is 27.8. The van der Waals surface area contributed by atoms with Crippen molar-refractivity contribution >= 4 is 34.5 Å². The largest absolute Gasteiger partial charge is 0.449 e. The lowest BCUT2D eigenvalue weighted by Crippen LogP contribution is -2.53. The molecule has 3 heterocycles. The molecule has 0 saturated carbocycles. The predicted molar refractivity (Wildman–Crippen MR) is 174 cm³/mol. The van der Waals surface area contributed by atoms with Gasteiger partial charge in [-0.15, -0.1) is 0 Å². The highest BCUT2D eigenvalue weighted by molar-refractivity contribution is 6.30. The van der Waals surface area contributed by atoms with E-state index in [9.17, 15) is 14.0 Å². The Morgan fingerprint density at radius 2 is 1.70 bits per heavy atom. The van der Waals surface area contributed by atoms with Crippen LogP contribution in [0.3, 0.4) is 0 Å². The van der Waals surface area contributed by atoms with E-state index in [-0.39, 0.29) is 33.9 Å². The highest BCUT2D eigenvalue weighted by atomic mass is 35.5. The van der Waals surface area contributed by atoms with Gasteiger partial charge in [-0.3, -0.25) is 9.59 Å². The molecular weight excluding hydrogens is 565 g/mol. The summed E-state index contributed by atoms with van der Waals surface area (Å²) in [6, 6.07) is 8.16. The van der Waals surface area contributed by atoms with Crippen molar-refractivity contribution in [2.45, 2.75) is 100.0 Å². The first-order chi connectivity index (χ1) is 19.7. The summed E-state index contributed by atoms with van der Waals surface area (Å²) in [5.74, 6) is -0.467. The number of carbonyl (C=O) groups excluding carboxylic acids is 2. The highest BCUT2D eigenvalue weighted by Crippen LogP contribution is 2.36. The number of rotatable bonds is 4. The van der Waals surface area contributed by atoms with Crippen LogP contribution in [0, 0.1) is 17.2 Å². The maximum absolute atomic E-state index is 14.2. The monoisotopic (exact) mass is 613 g/mol. The standard InChI is InChI=1S/C30H37ClFN3O3.C5H12/c1-8-18(2)27(36)34-12-9-13-35(30(6,7)17-34)28(37)25-16-24-26(38-25)20(29(3,4)5)15-23(33-24)19-10-11-21(31)22(32)14-19;1-5(2,3)4/h10-11,14-16,18H,8-9,12-13,17H2,1-7H3;1-4H3. The molecule has 0 spiro atoms. The summed E-state index contributed by atoms with van der Waals surface area (Å²) < 4.78 is 20.4. The third kappa shape index (κ3) is 8.59. The molecule has 0 aliphatic carbocycles. The minimum atomic E-state index is -0.581. The van der Waals surface area contributed by atoms with E-state index in [1.165, 1.54) is 12.1 Å². The summed E-state index contributed by atoms with van der Waals surface area (Å²) in [6.45, 7) is 24.4. The Kier molecular flexibility index (Phi) is 10.4. The second-order valence-corrected chi connectivity index (χ2v) is 15.4. The van der Waals surface area contributed by atoms with E-state index in [1.54, 1.807) is 17.0 Å². The molecule has 4 rings (SSSR count). The Bertz CT molecular complexity index is 1460. The number of hydrogen-bond donors (Lipinski definition) is 0. The van der Waals surface area contributed by atoms with Crippen molar-refractivity contribution < 1.29 is 18.4 Å². The van der Waals surface area contributed by atoms with Gasteiger partial charge in [0.1, 0.15) is 11.3 Å². The molecule has 0 bridgehead atoms. The van der Waals surface area contributed by atoms with Gasteiger partial charge >= 0.3 is 0 Å². The maximum Gasteiger partial charge on any atom is 0.290 e. The van der Waals surface area contributed by atoms with Crippen LogP contribution in [0.2, 0.25) is 5.02 Å². The molecule has 1 aromatic carbocycles. The zero-order chi connectivity index (χ0) is 32.5. The number of furan rings is 1. The fourth-order valence-corrected chi connectivity index (χ4v) is 5.14. The van der Waals surface area contributed by atoms with Gasteiger partial charge in [0.2, 0.25) is 5.91 Å². The average molecular weight is 614 g/mol. The lowest BCUT2D eigenvalue weighted by atomic mass is 9.86. The first-order valence-corrected chi connectivity index (χ1v) is 15.6. The SMILES string of the molecule is CC(C)(C)C.CCC(C)C(=O)N1CCCN(C(=O)c2cc3nc(-c4ccc(Cl)c(F)c4)cc(C(C)(C)C)c3o2)C(C)(C)C1. The molecule has 0 radical (unpaired) electrons. The van der Waals surface area contributed by atoms with Gasteiger partial charge in [-0.1, -0.05) is 80.0 Å². The van der Waals surface area contributed by atoms with Gasteiger partial charge in [0, 0.05) is 42.7 Å². The normalized spacial score (nSPS) is 16.4. The average Bonchev–Trinajstić information content (AvgIpc) is 3.25. The number of nitrogens with zero attached hydrogens (tertiary/aromatic N) is 3. The number of aromatic nitrogens is 1. The number of fused-ring (bicyclic) bond motifs is 1. The Hall–Kier alpha value is -2.93. The number of pyridine rings is 1. The highest BCUT2D eigenvalue weighted by Gasteiger charge is 2.38. The molecule has 1 fully saturated rings. The number of amides is 2. The summed E-state index contributed by atoms with van der Waals surface area (Å²) in [5.41, 5.74) is 2.71. The van der Waals surface area contributed by atoms with Gasteiger partial charge < -0.3 is 14.2 Å². The molecule has 1 aliphatic heterocycles. The van der Waals surface area contributed by atoms with Gasteiger partial charge in [0.25, 0.3) is 5.91 Å². The lowest BCUT2D eigenvalue weighted by Gasteiger charge is -2.38. The minimum absolute atomic E-state index is 0.0476. The Balaban J connectivity index is 0.000000934. The Morgan fingerprint density at radius 1 is 1.07 bits per heavy atom. The number of hydrogen-bond acceptors (Lipinski definition) is 4. The zero-order valence-corrected chi connectivity index (χ0v) is 28.6. The van der Waals surface area contributed by atoms with Crippen LogP contribution in [0.5, 0.6) is 0 Å². The van der Waals surface area contributed by atoms with Crippen molar-refractivity contribution in [1.29, 1.82) is 0 Å². The molecule has 1 unspecified atom stereocenters. The molecule has 2 amide bonds. The minimum Gasteiger partial charge on any atom is -0.449 e. The molecule has 2 aromatic heterocycles. The summed E-state index contributed by atoms with van der Waals surface area (Å²) >= 11 is 5.89. The smallest absolute Gasteiger partial charge is 0.290 e. The molecule has 8 heteroatoms. The fraction of sp³-hybridized carbons (Fsp3) is 0.571. The molecular formula is C35H49ClFN3O3. The van der Waals surface area contributed by atoms with E-state index in [4.69, 9.17) is 21.0 Å². The van der Waals surface area contributed by atoms with Crippen molar-refractivity contribution in [3.05, 3.63) is 52.5 Å². The van der Waals surface area contributed by atoms with Gasteiger partial charge in [-0.25, -0.2) is 9.37 Å². The summed E-state index contributed by atoms with van der Waals surface area (Å²) in [7, 11) is 0. The van der Waals surface area contributed by atoms with Crippen LogP contribution in [0.15, 0.2) is 34.7 Å². The fourth-order valence-electron chi connectivity index (χ4n) is 5.03. The van der Waals surface area contributed by atoms with Crippen LogP contribution >= 0.6 is 11.6 Å².